The first-order valence-corrected chi connectivity index (χ1v) is 9.25. The minimum absolute atomic E-state index is 0.162. The first-order chi connectivity index (χ1) is 12.8. The van der Waals surface area contributed by atoms with Crippen molar-refractivity contribution in [2.75, 3.05) is 4.72 Å². The number of halogens is 1. The van der Waals surface area contributed by atoms with Crippen LogP contribution < -0.4 is 10.3 Å². The van der Waals surface area contributed by atoms with Crippen LogP contribution in [-0.4, -0.2) is 23.5 Å². The molecular formula is C16H11ClN4O5S. The Morgan fingerprint density at radius 3 is 2.56 bits per heavy atom. The molecule has 0 spiro atoms. The van der Waals surface area contributed by atoms with E-state index in [1.807, 2.05) is 0 Å². The number of sulfonamides is 1. The van der Waals surface area contributed by atoms with Gasteiger partial charge in [0.1, 0.15) is 5.02 Å². The summed E-state index contributed by atoms with van der Waals surface area (Å²) in [4.78, 5) is 21.0. The summed E-state index contributed by atoms with van der Waals surface area (Å²) in [5, 5.41) is 17.0. The Morgan fingerprint density at radius 2 is 1.89 bits per heavy atom. The summed E-state index contributed by atoms with van der Waals surface area (Å²) in [7, 11) is -4.08. The lowest BCUT2D eigenvalue weighted by atomic mass is 10.1. The smallest absolute Gasteiger partial charge is 0.280 e. The van der Waals surface area contributed by atoms with Gasteiger partial charge >= 0.3 is 0 Å². The van der Waals surface area contributed by atoms with Crippen molar-refractivity contribution in [3.63, 3.8) is 0 Å². The summed E-state index contributed by atoms with van der Waals surface area (Å²) < 4.78 is 27.4. The molecule has 138 valence electrons. The number of nitrogens with zero attached hydrogens (tertiary/aromatic N) is 2. The molecule has 0 saturated heterocycles. The monoisotopic (exact) mass is 406 g/mol. The fourth-order valence-electron chi connectivity index (χ4n) is 2.26. The van der Waals surface area contributed by atoms with E-state index in [0.29, 0.717) is 11.3 Å². The van der Waals surface area contributed by atoms with E-state index in [0.717, 1.165) is 12.1 Å². The van der Waals surface area contributed by atoms with Gasteiger partial charge in [0.2, 0.25) is 0 Å². The molecule has 0 aliphatic heterocycles. The molecule has 0 amide bonds. The first-order valence-electron chi connectivity index (χ1n) is 7.39. The molecule has 0 saturated carbocycles. The maximum atomic E-state index is 12.5. The molecule has 0 aliphatic rings. The third kappa shape index (κ3) is 4.13. The number of hydrogen-bond donors (Lipinski definition) is 2. The van der Waals surface area contributed by atoms with Crippen LogP contribution in [0, 0.1) is 10.1 Å². The predicted molar refractivity (Wildman–Crippen MR) is 99.2 cm³/mol. The number of anilines is 1. The zero-order chi connectivity index (χ0) is 19.6. The van der Waals surface area contributed by atoms with E-state index >= 15 is 0 Å². The summed E-state index contributed by atoms with van der Waals surface area (Å²) in [5.74, 6) is 0. The fourth-order valence-corrected chi connectivity index (χ4v) is 3.52. The Labute approximate surface area is 157 Å². The van der Waals surface area contributed by atoms with Crippen LogP contribution in [0.5, 0.6) is 0 Å². The number of benzene rings is 2. The van der Waals surface area contributed by atoms with Crippen LogP contribution in [0.1, 0.15) is 0 Å². The molecule has 0 aliphatic carbocycles. The van der Waals surface area contributed by atoms with Gasteiger partial charge in [-0.25, -0.2) is 13.5 Å². The highest BCUT2D eigenvalue weighted by Crippen LogP contribution is 2.28. The number of hydrogen-bond acceptors (Lipinski definition) is 6. The summed E-state index contributed by atoms with van der Waals surface area (Å²) in [6, 6.07) is 12.3. The van der Waals surface area contributed by atoms with Crippen LogP contribution in [0.3, 0.4) is 0 Å². The van der Waals surface area contributed by atoms with Crippen LogP contribution in [-0.2, 0) is 10.0 Å². The quantitative estimate of drug-likeness (QED) is 0.494. The van der Waals surface area contributed by atoms with Crippen molar-refractivity contribution in [2.45, 2.75) is 4.90 Å². The predicted octanol–water partition coefficient (Wildman–Crippen LogP) is 2.80. The molecule has 9 nitrogen and oxygen atoms in total. The van der Waals surface area contributed by atoms with E-state index < -0.39 is 20.6 Å². The average Bonchev–Trinajstić information content (AvgIpc) is 2.62. The molecule has 0 atom stereocenters. The molecule has 0 fully saturated rings. The fraction of sp³-hybridized carbons (Fsp3) is 0. The standard InChI is InChI=1S/C16H11ClN4O5S/c17-13-5-4-12(9-15(13)21(23)24)27(25,26)20-11-3-1-2-10(8-11)14-6-7-16(22)19-18-14/h1-9,20H,(H,19,22). The Balaban J connectivity index is 1.94. The Bertz CT molecular complexity index is 1170. The van der Waals surface area contributed by atoms with Gasteiger partial charge in [-0.05, 0) is 30.3 Å². The lowest BCUT2D eigenvalue weighted by Crippen LogP contribution is -2.13. The summed E-state index contributed by atoms with van der Waals surface area (Å²) in [6.45, 7) is 0. The zero-order valence-electron chi connectivity index (χ0n) is 13.4. The maximum Gasteiger partial charge on any atom is 0.289 e. The number of nitro groups is 1. The molecule has 0 unspecified atom stereocenters. The maximum absolute atomic E-state index is 12.5. The van der Waals surface area contributed by atoms with Gasteiger partial charge < -0.3 is 0 Å². The highest BCUT2D eigenvalue weighted by Gasteiger charge is 2.21. The number of aromatic nitrogens is 2. The molecule has 3 aromatic rings. The second-order valence-electron chi connectivity index (χ2n) is 5.36. The average molecular weight is 407 g/mol. The molecule has 0 bridgehead atoms. The number of nitrogens with one attached hydrogen (secondary N) is 2. The molecule has 11 heteroatoms. The Hall–Kier alpha value is -3.24. The van der Waals surface area contributed by atoms with Crippen LogP contribution in [0.2, 0.25) is 5.02 Å². The largest absolute Gasteiger partial charge is 0.289 e. The normalized spacial score (nSPS) is 11.1. The number of aromatic amines is 1. The van der Waals surface area contributed by atoms with E-state index in [1.54, 1.807) is 12.1 Å². The van der Waals surface area contributed by atoms with Crippen molar-refractivity contribution < 1.29 is 13.3 Å². The van der Waals surface area contributed by atoms with Crippen LogP contribution in [0.4, 0.5) is 11.4 Å². The highest BCUT2D eigenvalue weighted by atomic mass is 35.5. The van der Waals surface area contributed by atoms with E-state index in [-0.39, 0.29) is 21.2 Å². The minimum Gasteiger partial charge on any atom is -0.280 e. The Kier molecular flexibility index (Phi) is 4.93. The van der Waals surface area contributed by atoms with Crippen molar-refractivity contribution in [3.05, 3.63) is 80.1 Å². The number of rotatable bonds is 5. The van der Waals surface area contributed by atoms with Gasteiger partial charge in [-0.1, -0.05) is 23.7 Å². The van der Waals surface area contributed by atoms with Crippen LogP contribution in [0.15, 0.2) is 64.3 Å². The van der Waals surface area contributed by atoms with Crippen molar-refractivity contribution >= 4 is 33.0 Å². The second kappa shape index (κ2) is 7.17. The van der Waals surface area contributed by atoms with Gasteiger partial charge in [0.15, 0.2) is 0 Å². The van der Waals surface area contributed by atoms with Gasteiger partial charge in [-0.15, -0.1) is 0 Å². The van der Waals surface area contributed by atoms with Gasteiger partial charge in [0.05, 0.1) is 15.5 Å². The van der Waals surface area contributed by atoms with E-state index in [4.69, 9.17) is 11.6 Å². The van der Waals surface area contributed by atoms with Gasteiger partial charge in [-0.3, -0.25) is 19.6 Å². The molecular weight excluding hydrogens is 396 g/mol. The zero-order valence-corrected chi connectivity index (χ0v) is 15.0. The first kappa shape index (κ1) is 18.5. The van der Waals surface area contributed by atoms with E-state index in [1.165, 1.54) is 30.3 Å². The minimum atomic E-state index is -4.08. The number of H-pyrrole nitrogens is 1. The van der Waals surface area contributed by atoms with Crippen molar-refractivity contribution in [2.24, 2.45) is 0 Å². The summed E-state index contributed by atoms with van der Waals surface area (Å²) in [6.07, 6.45) is 0. The van der Waals surface area contributed by atoms with Gasteiger partial charge in [0, 0.05) is 23.4 Å². The third-order valence-electron chi connectivity index (χ3n) is 3.51. The SMILES string of the molecule is O=c1ccc(-c2cccc(NS(=O)(=O)c3ccc(Cl)c([N+](=O)[O-])c3)c2)n[nH]1. The highest BCUT2D eigenvalue weighted by molar-refractivity contribution is 7.92. The molecule has 0 radical (unpaired) electrons. The molecule has 2 N–H and O–H groups in total. The van der Waals surface area contributed by atoms with Crippen molar-refractivity contribution in [1.82, 2.24) is 10.2 Å². The second-order valence-corrected chi connectivity index (χ2v) is 7.45. The lowest BCUT2D eigenvalue weighted by molar-refractivity contribution is -0.384. The molecule has 3 rings (SSSR count). The summed E-state index contributed by atoms with van der Waals surface area (Å²) >= 11 is 5.71. The molecule has 2 aromatic carbocycles. The van der Waals surface area contributed by atoms with E-state index in [2.05, 4.69) is 14.9 Å². The molecule has 27 heavy (non-hydrogen) atoms. The Morgan fingerprint density at radius 1 is 1.11 bits per heavy atom. The lowest BCUT2D eigenvalue weighted by Gasteiger charge is -2.09. The van der Waals surface area contributed by atoms with Gasteiger partial charge in [0.25, 0.3) is 21.3 Å². The molecule has 1 aromatic heterocycles. The van der Waals surface area contributed by atoms with Crippen molar-refractivity contribution in [1.29, 1.82) is 0 Å². The summed E-state index contributed by atoms with van der Waals surface area (Å²) in [5.41, 5.74) is 0.357. The van der Waals surface area contributed by atoms with E-state index in [9.17, 15) is 23.3 Å². The number of nitro benzene ring substituents is 1. The third-order valence-corrected chi connectivity index (χ3v) is 5.21. The van der Waals surface area contributed by atoms with Crippen LogP contribution in [0.25, 0.3) is 11.3 Å². The van der Waals surface area contributed by atoms with Crippen LogP contribution >= 0.6 is 11.6 Å². The van der Waals surface area contributed by atoms with Crippen molar-refractivity contribution in [3.8, 4) is 11.3 Å². The van der Waals surface area contributed by atoms with Gasteiger partial charge in [-0.2, -0.15) is 5.10 Å². The molecule has 1 heterocycles. The topological polar surface area (TPSA) is 135 Å².